The number of nitrogens with zero attached hydrogens (tertiary/aromatic N) is 1. The summed E-state index contributed by atoms with van der Waals surface area (Å²) in [5.74, 6) is -0.0765. The molecule has 2 amide bonds. The van der Waals surface area contributed by atoms with Crippen molar-refractivity contribution in [1.82, 2.24) is 0 Å². The first-order valence-electron chi connectivity index (χ1n) is 7.04. The maximum atomic E-state index is 12.5. The molecule has 2 aliphatic heterocycles. The third kappa shape index (κ3) is 2.28. The summed E-state index contributed by atoms with van der Waals surface area (Å²) in [7, 11) is 0. The molecule has 2 saturated heterocycles. The number of likely N-dealkylation sites (tertiary alicyclic amines) is 1. The highest BCUT2D eigenvalue weighted by molar-refractivity contribution is 6.21. The molecule has 1 atom stereocenters. The van der Waals surface area contributed by atoms with Crippen LogP contribution in [0, 0.1) is 0 Å². The lowest BCUT2D eigenvalue weighted by Gasteiger charge is -2.27. The number of piperidine rings is 1. The number of carbonyl (C=O) groups excluding carboxylic acids is 2. The molecule has 2 heterocycles. The van der Waals surface area contributed by atoms with Crippen LogP contribution in [0.25, 0.3) is 0 Å². The average molecular weight is 259 g/mol. The zero-order valence-corrected chi connectivity index (χ0v) is 11.0. The van der Waals surface area contributed by atoms with Crippen molar-refractivity contribution in [3.63, 3.8) is 0 Å². The number of rotatable bonds is 2. The van der Waals surface area contributed by atoms with Crippen LogP contribution in [-0.4, -0.2) is 30.9 Å². The molecule has 0 saturated carbocycles. The number of imide groups is 1. The standard InChI is InChI=1S/C15H18N2O2/c18-14-11-13(16-9-5-2-6-10-16)15(19)17(14)12-7-3-1-4-8-12/h1,3-4,7-8,13H,2,5-6,9-11H2/p+1. The largest absolute Gasteiger partial charge is 0.324 e. The first-order valence-corrected chi connectivity index (χ1v) is 7.04. The van der Waals surface area contributed by atoms with Crippen LogP contribution in [0.4, 0.5) is 5.69 Å². The highest BCUT2D eigenvalue weighted by atomic mass is 16.2. The number of carbonyl (C=O) groups is 2. The molecular weight excluding hydrogens is 240 g/mol. The van der Waals surface area contributed by atoms with E-state index in [1.54, 1.807) is 0 Å². The molecule has 2 aliphatic rings. The Labute approximate surface area is 113 Å². The van der Waals surface area contributed by atoms with E-state index in [2.05, 4.69) is 0 Å². The Morgan fingerprint density at radius 2 is 1.68 bits per heavy atom. The van der Waals surface area contributed by atoms with Gasteiger partial charge >= 0.3 is 0 Å². The van der Waals surface area contributed by atoms with Crippen LogP contribution < -0.4 is 9.80 Å². The third-order valence-corrected chi connectivity index (χ3v) is 4.15. The van der Waals surface area contributed by atoms with Gasteiger partial charge in [-0.15, -0.1) is 0 Å². The molecule has 4 heteroatoms. The number of para-hydroxylation sites is 1. The summed E-state index contributed by atoms with van der Waals surface area (Å²) in [5.41, 5.74) is 0.705. The molecule has 0 radical (unpaired) electrons. The van der Waals surface area contributed by atoms with Gasteiger partial charge in [-0.1, -0.05) is 18.2 Å². The monoisotopic (exact) mass is 259 g/mol. The molecule has 3 rings (SSSR count). The summed E-state index contributed by atoms with van der Waals surface area (Å²) in [6, 6.07) is 9.09. The van der Waals surface area contributed by atoms with Crippen molar-refractivity contribution >= 4 is 17.5 Å². The van der Waals surface area contributed by atoms with Crippen LogP contribution in [0.2, 0.25) is 0 Å². The quantitative estimate of drug-likeness (QED) is 0.781. The molecule has 2 fully saturated rings. The van der Waals surface area contributed by atoms with Crippen molar-refractivity contribution in [2.24, 2.45) is 0 Å². The molecule has 19 heavy (non-hydrogen) atoms. The van der Waals surface area contributed by atoms with Crippen molar-refractivity contribution in [2.45, 2.75) is 31.7 Å². The molecular formula is C15H19N2O2+. The number of anilines is 1. The smallest absolute Gasteiger partial charge is 0.292 e. The number of hydrogen-bond acceptors (Lipinski definition) is 2. The van der Waals surface area contributed by atoms with E-state index in [0.29, 0.717) is 12.1 Å². The number of amides is 2. The van der Waals surface area contributed by atoms with E-state index < -0.39 is 0 Å². The fourth-order valence-electron chi connectivity index (χ4n) is 3.15. The van der Waals surface area contributed by atoms with E-state index >= 15 is 0 Å². The Morgan fingerprint density at radius 3 is 2.37 bits per heavy atom. The van der Waals surface area contributed by atoms with E-state index in [1.807, 2.05) is 30.3 Å². The molecule has 100 valence electrons. The van der Waals surface area contributed by atoms with E-state index in [0.717, 1.165) is 13.1 Å². The Morgan fingerprint density at radius 1 is 1.00 bits per heavy atom. The van der Waals surface area contributed by atoms with Gasteiger partial charge in [0, 0.05) is 0 Å². The molecule has 1 aromatic carbocycles. The predicted molar refractivity (Wildman–Crippen MR) is 71.9 cm³/mol. The highest BCUT2D eigenvalue weighted by Gasteiger charge is 2.45. The van der Waals surface area contributed by atoms with Gasteiger partial charge in [-0.25, -0.2) is 4.90 Å². The summed E-state index contributed by atoms with van der Waals surface area (Å²) in [6.45, 7) is 2.04. The molecule has 1 N–H and O–H groups in total. The average Bonchev–Trinajstić information content (AvgIpc) is 2.76. The fraction of sp³-hybridized carbons (Fsp3) is 0.467. The van der Waals surface area contributed by atoms with Gasteiger partial charge in [-0.2, -0.15) is 0 Å². The SMILES string of the molecule is O=C1CC([NH+]2CCCCC2)C(=O)N1c1ccccc1. The second-order valence-electron chi connectivity index (χ2n) is 5.38. The number of hydrogen-bond donors (Lipinski definition) is 1. The highest BCUT2D eigenvalue weighted by Crippen LogP contribution is 2.21. The normalized spacial score (nSPS) is 25.1. The van der Waals surface area contributed by atoms with Gasteiger partial charge in [0.15, 0.2) is 6.04 Å². The van der Waals surface area contributed by atoms with Crippen LogP contribution in [-0.2, 0) is 9.59 Å². The van der Waals surface area contributed by atoms with Crippen LogP contribution in [0.3, 0.4) is 0 Å². The van der Waals surface area contributed by atoms with E-state index in [-0.39, 0.29) is 17.9 Å². The van der Waals surface area contributed by atoms with E-state index in [4.69, 9.17) is 0 Å². The van der Waals surface area contributed by atoms with Gasteiger partial charge < -0.3 is 4.90 Å². The lowest BCUT2D eigenvalue weighted by Crippen LogP contribution is -3.17. The zero-order valence-electron chi connectivity index (χ0n) is 11.0. The van der Waals surface area contributed by atoms with Gasteiger partial charge in [-0.3, -0.25) is 9.59 Å². The third-order valence-electron chi connectivity index (χ3n) is 4.15. The lowest BCUT2D eigenvalue weighted by atomic mass is 10.1. The molecule has 0 bridgehead atoms. The second kappa shape index (κ2) is 5.13. The van der Waals surface area contributed by atoms with Gasteiger partial charge in [0.1, 0.15) is 0 Å². The van der Waals surface area contributed by atoms with E-state index in [9.17, 15) is 9.59 Å². The first kappa shape index (κ1) is 12.4. The summed E-state index contributed by atoms with van der Waals surface area (Å²) >= 11 is 0. The topological polar surface area (TPSA) is 41.8 Å². The minimum Gasteiger partial charge on any atom is -0.324 e. The minimum absolute atomic E-state index is 0.0203. The van der Waals surface area contributed by atoms with Crippen LogP contribution >= 0.6 is 0 Å². The molecule has 0 aliphatic carbocycles. The fourth-order valence-corrected chi connectivity index (χ4v) is 3.15. The van der Waals surface area contributed by atoms with Crippen molar-refractivity contribution in [3.05, 3.63) is 30.3 Å². The Kier molecular flexibility index (Phi) is 3.34. The summed E-state index contributed by atoms with van der Waals surface area (Å²) in [4.78, 5) is 27.3. The van der Waals surface area contributed by atoms with Crippen LogP contribution in [0.5, 0.6) is 0 Å². The Bertz CT molecular complexity index is 480. The molecule has 0 aromatic heterocycles. The van der Waals surface area contributed by atoms with Crippen molar-refractivity contribution in [3.8, 4) is 0 Å². The lowest BCUT2D eigenvalue weighted by molar-refractivity contribution is -0.919. The zero-order chi connectivity index (χ0) is 13.2. The first-order chi connectivity index (χ1) is 9.27. The van der Waals surface area contributed by atoms with Crippen molar-refractivity contribution in [1.29, 1.82) is 0 Å². The predicted octanol–water partition coefficient (Wildman–Crippen LogP) is 0.387. The summed E-state index contributed by atoms with van der Waals surface area (Å²) < 4.78 is 0. The summed E-state index contributed by atoms with van der Waals surface area (Å²) in [5, 5.41) is 0. The molecule has 1 aromatic rings. The van der Waals surface area contributed by atoms with Gasteiger partial charge in [0.05, 0.1) is 25.2 Å². The van der Waals surface area contributed by atoms with Crippen molar-refractivity contribution < 1.29 is 14.5 Å². The number of quaternary nitrogens is 1. The summed E-state index contributed by atoms with van der Waals surface area (Å²) in [6.07, 6.45) is 3.95. The van der Waals surface area contributed by atoms with E-state index in [1.165, 1.54) is 29.1 Å². The molecule has 4 nitrogen and oxygen atoms in total. The Balaban J connectivity index is 1.81. The van der Waals surface area contributed by atoms with Crippen LogP contribution in [0.1, 0.15) is 25.7 Å². The maximum absolute atomic E-state index is 12.5. The van der Waals surface area contributed by atoms with Crippen molar-refractivity contribution in [2.75, 3.05) is 18.0 Å². The molecule has 1 unspecified atom stereocenters. The maximum Gasteiger partial charge on any atom is 0.292 e. The minimum atomic E-state index is -0.159. The van der Waals surface area contributed by atoms with Gasteiger partial charge in [0.25, 0.3) is 5.91 Å². The van der Waals surface area contributed by atoms with Gasteiger partial charge in [0.2, 0.25) is 5.91 Å². The number of nitrogens with one attached hydrogen (secondary N) is 1. The van der Waals surface area contributed by atoms with Gasteiger partial charge in [-0.05, 0) is 31.4 Å². The van der Waals surface area contributed by atoms with Crippen LogP contribution in [0.15, 0.2) is 30.3 Å². The molecule has 0 spiro atoms. The number of benzene rings is 1. The Hall–Kier alpha value is -1.68. The second-order valence-corrected chi connectivity index (χ2v) is 5.38.